The van der Waals surface area contributed by atoms with E-state index in [9.17, 15) is 0 Å². The Kier molecular flexibility index (Phi) is 7.41. The Balaban J connectivity index is 2.15. The molecular weight excluding hydrogens is 228 g/mol. The summed E-state index contributed by atoms with van der Waals surface area (Å²) in [6.45, 7) is 5.54. The number of thioether (sulfide) groups is 1. The molecule has 1 aromatic heterocycles. The number of aryl methyl sites for hydroxylation is 2. The molecule has 0 atom stereocenters. The molecule has 98 valence electrons. The summed E-state index contributed by atoms with van der Waals surface area (Å²) in [6.07, 6.45) is 12.6. The fourth-order valence-corrected chi connectivity index (χ4v) is 3.13. The molecule has 0 bridgehead atoms. The Morgan fingerprint density at radius 2 is 1.82 bits per heavy atom. The first kappa shape index (κ1) is 14.6. The van der Waals surface area contributed by atoms with Crippen molar-refractivity contribution in [3.63, 3.8) is 0 Å². The van der Waals surface area contributed by atoms with Gasteiger partial charge in [0.05, 0.1) is 13.6 Å². The lowest BCUT2D eigenvalue weighted by molar-refractivity contribution is -0.709. The first-order valence-corrected chi connectivity index (χ1v) is 7.95. The molecule has 0 aliphatic rings. The first-order chi connectivity index (χ1) is 8.29. The molecule has 0 unspecified atom stereocenters. The van der Waals surface area contributed by atoms with Crippen molar-refractivity contribution in [2.45, 2.75) is 64.1 Å². The minimum atomic E-state index is 1.07. The summed E-state index contributed by atoms with van der Waals surface area (Å²) in [5.41, 5.74) is 0. The van der Waals surface area contributed by atoms with E-state index in [2.05, 4.69) is 42.4 Å². The van der Waals surface area contributed by atoms with E-state index in [1.807, 2.05) is 11.8 Å². The van der Waals surface area contributed by atoms with Crippen LogP contribution in [0, 0.1) is 0 Å². The second-order valence-corrected chi connectivity index (χ2v) is 5.66. The van der Waals surface area contributed by atoms with Crippen molar-refractivity contribution in [2.24, 2.45) is 7.05 Å². The summed E-state index contributed by atoms with van der Waals surface area (Å²) in [4.78, 5) is 0. The van der Waals surface area contributed by atoms with Gasteiger partial charge in [-0.2, -0.15) is 0 Å². The van der Waals surface area contributed by atoms with Crippen LogP contribution in [0.1, 0.15) is 52.4 Å². The molecule has 0 aliphatic heterocycles. The van der Waals surface area contributed by atoms with Crippen LogP contribution in [0.5, 0.6) is 0 Å². The molecule has 0 spiro atoms. The third kappa shape index (κ3) is 5.15. The van der Waals surface area contributed by atoms with Gasteiger partial charge in [0.15, 0.2) is 0 Å². The minimum Gasteiger partial charge on any atom is -0.227 e. The third-order valence-electron chi connectivity index (χ3n) is 3.09. The Hall–Kier alpha value is -0.440. The number of unbranched alkanes of at least 4 members (excludes halogenated alkanes) is 5. The topological polar surface area (TPSA) is 8.81 Å². The molecule has 0 fully saturated rings. The van der Waals surface area contributed by atoms with Gasteiger partial charge in [-0.05, 0) is 25.1 Å². The molecule has 0 aliphatic carbocycles. The highest BCUT2D eigenvalue weighted by Crippen LogP contribution is 2.17. The largest absolute Gasteiger partial charge is 0.317 e. The highest BCUT2D eigenvalue weighted by atomic mass is 32.2. The zero-order valence-electron chi connectivity index (χ0n) is 11.6. The second-order valence-electron chi connectivity index (χ2n) is 4.59. The monoisotopic (exact) mass is 255 g/mol. The van der Waals surface area contributed by atoms with Crippen LogP contribution in [0.3, 0.4) is 0 Å². The Labute approximate surface area is 110 Å². The van der Waals surface area contributed by atoms with Gasteiger partial charge < -0.3 is 0 Å². The fraction of sp³-hybridized carbons (Fsp3) is 0.786. The van der Waals surface area contributed by atoms with Crippen molar-refractivity contribution in [1.29, 1.82) is 0 Å². The minimum absolute atomic E-state index is 1.07. The normalized spacial score (nSPS) is 11.0. The third-order valence-corrected chi connectivity index (χ3v) is 4.36. The van der Waals surface area contributed by atoms with E-state index < -0.39 is 0 Å². The summed E-state index contributed by atoms with van der Waals surface area (Å²) in [5, 5.41) is 1.39. The van der Waals surface area contributed by atoms with E-state index in [4.69, 9.17) is 0 Å². The van der Waals surface area contributed by atoms with Gasteiger partial charge >= 0.3 is 5.16 Å². The number of hydrogen-bond acceptors (Lipinski definition) is 1. The second kappa shape index (κ2) is 8.62. The predicted octanol–water partition coefficient (Wildman–Crippen LogP) is 3.79. The molecule has 0 amide bonds. The lowest BCUT2D eigenvalue weighted by Gasteiger charge is -2.01. The van der Waals surface area contributed by atoms with Crippen LogP contribution in [0.2, 0.25) is 0 Å². The summed E-state index contributed by atoms with van der Waals surface area (Å²) >= 11 is 1.99. The molecular formula is C14H27N2S+. The number of aromatic nitrogens is 2. The van der Waals surface area contributed by atoms with Crippen molar-refractivity contribution < 1.29 is 4.57 Å². The van der Waals surface area contributed by atoms with Gasteiger partial charge in [-0.1, -0.05) is 39.0 Å². The van der Waals surface area contributed by atoms with Gasteiger partial charge in [0, 0.05) is 5.75 Å². The summed E-state index contributed by atoms with van der Waals surface area (Å²) in [7, 11) is 2.13. The smallest absolute Gasteiger partial charge is 0.227 e. The zero-order chi connectivity index (χ0) is 12.5. The van der Waals surface area contributed by atoms with Gasteiger partial charge in [-0.25, -0.2) is 9.13 Å². The van der Waals surface area contributed by atoms with Gasteiger partial charge in [-0.15, -0.1) is 0 Å². The summed E-state index contributed by atoms with van der Waals surface area (Å²) in [5.74, 6) is 1.25. The fourth-order valence-electron chi connectivity index (χ4n) is 1.98. The molecule has 0 saturated heterocycles. The first-order valence-electron chi connectivity index (χ1n) is 6.97. The van der Waals surface area contributed by atoms with Crippen LogP contribution >= 0.6 is 11.8 Å². The number of rotatable bonds is 9. The van der Waals surface area contributed by atoms with E-state index in [1.165, 1.54) is 49.4 Å². The molecule has 0 N–H and O–H groups in total. The molecule has 0 radical (unpaired) electrons. The average molecular weight is 255 g/mol. The maximum Gasteiger partial charge on any atom is 0.317 e. The number of nitrogens with zero attached hydrogens (tertiary/aromatic N) is 2. The van der Waals surface area contributed by atoms with Gasteiger partial charge in [-0.3, -0.25) is 0 Å². The van der Waals surface area contributed by atoms with Gasteiger partial charge in [0.1, 0.15) is 12.4 Å². The van der Waals surface area contributed by atoms with E-state index in [0.29, 0.717) is 0 Å². The molecule has 1 rings (SSSR count). The lowest BCUT2D eigenvalue weighted by atomic mass is 10.1. The van der Waals surface area contributed by atoms with E-state index in [-0.39, 0.29) is 0 Å². The van der Waals surface area contributed by atoms with E-state index >= 15 is 0 Å². The number of imidazole rings is 1. The summed E-state index contributed by atoms with van der Waals surface area (Å²) < 4.78 is 4.55. The van der Waals surface area contributed by atoms with Crippen LogP contribution < -0.4 is 4.57 Å². The van der Waals surface area contributed by atoms with Crippen LogP contribution in [-0.2, 0) is 13.6 Å². The van der Waals surface area contributed by atoms with Crippen molar-refractivity contribution in [1.82, 2.24) is 4.57 Å². The van der Waals surface area contributed by atoms with Crippen LogP contribution in [0.25, 0.3) is 0 Å². The Bertz CT molecular complexity index is 307. The molecule has 17 heavy (non-hydrogen) atoms. The lowest BCUT2D eigenvalue weighted by Crippen LogP contribution is -2.28. The van der Waals surface area contributed by atoms with Crippen molar-refractivity contribution >= 4 is 11.8 Å². The Morgan fingerprint density at radius 3 is 2.53 bits per heavy atom. The quantitative estimate of drug-likeness (QED) is 0.370. The molecule has 2 nitrogen and oxygen atoms in total. The van der Waals surface area contributed by atoms with Gasteiger partial charge in [0.2, 0.25) is 0 Å². The van der Waals surface area contributed by atoms with Crippen molar-refractivity contribution in [3.05, 3.63) is 12.4 Å². The number of hydrogen-bond donors (Lipinski definition) is 0. The molecule has 0 aromatic carbocycles. The molecule has 0 saturated carbocycles. The van der Waals surface area contributed by atoms with Crippen molar-refractivity contribution in [3.8, 4) is 0 Å². The summed E-state index contributed by atoms with van der Waals surface area (Å²) in [6, 6.07) is 0. The maximum absolute atomic E-state index is 2.32. The van der Waals surface area contributed by atoms with Crippen LogP contribution in [0.4, 0.5) is 0 Å². The predicted molar refractivity (Wildman–Crippen MR) is 75.4 cm³/mol. The average Bonchev–Trinajstić information content (AvgIpc) is 2.69. The molecule has 1 aromatic rings. The highest BCUT2D eigenvalue weighted by molar-refractivity contribution is 7.99. The van der Waals surface area contributed by atoms with Crippen molar-refractivity contribution in [2.75, 3.05) is 5.75 Å². The highest BCUT2D eigenvalue weighted by Gasteiger charge is 2.12. The van der Waals surface area contributed by atoms with E-state index in [0.717, 1.165) is 6.54 Å². The van der Waals surface area contributed by atoms with Crippen LogP contribution in [-0.4, -0.2) is 10.3 Å². The molecule has 3 heteroatoms. The Morgan fingerprint density at radius 1 is 1.12 bits per heavy atom. The van der Waals surface area contributed by atoms with Crippen LogP contribution in [0.15, 0.2) is 17.6 Å². The zero-order valence-corrected chi connectivity index (χ0v) is 12.4. The maximum atomic E-state index is 2.32. The SMILES string of the molecule is CCCCCCCCSc1n(CC)cc[n+]1C. The molecule has 1 heterocycles. The van der Waals surface area contributed by atoms with E-state index in [1.54, 1.807) is 0 Å². The van der Waals surface area contributed by atoms with Gasteiger partial charge in [0.25, 0.3) is 0 Å². The standard InChI is InChI=1S/C14H27N2S/c1-4-6-7-8-9-10-13-17-14-15(3)11-12-16(14)5-2/h11-12H,4-10,13H2,1-3H3/q+1.